The van der Waals surface area contributed by atoms with E-state index in [4.69, 9.17) is 9.47 Å². The fourth-order valence-electron chi connectivity index (χ4n) is 3.23. The van der Waals surface area contributed by atoms with E-state index in [2.05, 4.69) is 15.5 Å². The third-order valence-electron chi connectivity index (χ3n) is 4.70. The molecule has 0 saturated carbocycles. The molecule has 3 aromatic rings. The van der Waals surface area contributed by atoms with E-state index in [9.17, 15) is 14.0 Å². The van der Waals surface area contributed by atoms with Gasteiger partial charge >= 0.3 is 5.97 Å². The average molecular weight is 395 g/mol. The van der Waals surface area contributed by atoms with Crippen molar-refractivity contribution in [1.82, 2.24) is 15.5 Å². The van der Waals surface area contributed by atoms with Crippen molar-refractivity contribution in [3.8, 4) is 5.75 Å². The van der Waals surface area contributed by atoms with Gasteiger partial charge in [0.2, 0.25) is 0 Å². The molecular formula is C21H18FN3O4. The number of hydrogen-bond acceptors (Lipinski definition) is 5. The van der Waals surface area contributed by atoms with Crippen molar-refractivity contribution < 1.29 is 23.5 Å². The van der Waals surface area contributed by atoms with Crippen LogP contribution in [-0.2, 0) is 9.53 Å². The molecule has 1 amide bonds. The van der Waals surface area contributed by atoms with E-state index >= 15 is 0 Å². The summed E-state index contributed by atoms with van der Waals surface area (Å²) in [5.41, 5.74) is 2.35. The summed E-state index contributed by atoms with van der Waals surface area (Å²) in [5, 5.41) is 10.5. The number of benzene rings is 2. The first-order valence-corrected chi connectivity index (χ1v) is 9.03. The zero-order valence-electron chi connectivity index (χ0n) is 15.6. The molecule has 2 N–H and O–H groups in total. The summed E-state index contributed by atoms with van der Waals surface area (Å²) in [5.74, 6) is -0.830. The lowest BCUT2D eigenvalue weighted by Crippen LogP contribution is -2.38. The predicted molar refractivity (Wildman–Crippen MR) is 105 cm³/mol. The topological polar surface area (TPSA) is 93.3 Å². The summed E-state index contributed by atoms with van der Waals surface area (Å²) in [6.07, 6.45) is 4.01. The molecule has 1 saturated heterocycles. The fraction of sp³-hybridized carbons (Fsp3) is 0.190. The van der Waals surface area contributed by atoms with Gasteiger partial charge in [-0.25, -0.2) is 9.18 Å². The van der Waals surface area contributed by atoms with Gasteiger partial charge in [-0.05, 0) is 35.9 Å². The van der Waals surface area contributed by atoms with Crippen molar-refractivity contribution in [1.29, 1.82) is 0 Å². The number of halogens is 1. The molecular weight excluding hydrogens is 377 g/mol. The zero-order chi connectivity index (χ0) is 20.4. The van der Waals surface area contributed by atoms with E-state index in [0.717, 1.165) is 5.56 Å². The summed E-state index contributed by atoms with van der Waals surface area (Å²) < 4.78 is 23.5. The summed E-state index contributed by atoms with van der Waals surface area (Å²) >= 11 is 0. The molecule has 29 heavy (non-hydrogen) atoms. The molecule has 1 aliphatic heterocycles. The lowest BCUT2D eigenvalue weighted by molar-refractivity contribution is -0.139. The summed E-state index contributed by atoms with van der Waals surface area (Å²) in [6.45, 7) is 0.292. The molecule has 0 unspecified atom stereocenters. The molecule has 7 nitrogen and oxygen atoms in total. The molecule has 2 aromatic carbocycles. The Morgan fingerprint density at radius 2 is 2.07 bits per heavy atom. The number of aromatic nitrogens is 2. The summed E-state index contributed by atoms with van der Waals surface area (Å²) in [4.78, 5) is 24.4. The van der Waals surface area contributed by atoms with Crippen LogP contribution >= 0.6 is 0 Å². The van der Waals surface area contributed by atoms with Gasteiger partial charge in [0.25, 0.3) is 5.91 Å². The van der Waals surface area contributed by atoms with E-state index in [0.29, 0.717) is 35.4 Å². The van der Waals surface area contributed by atoms with Crippen LogP contribution in [0.2, 0.25) is 0 Å². The number of nitrogens with zero attached hydrogens (tertiary/aromatic N) is 1. The second-order valence-corrected chi connectivity index (χ2v) is 6.54. The number of amides is 1. The van der Waals surface area contributed by atoms with Crippen molar-refractivity contribution in [2.24, 2.45) is 0 Å². The minimum Gasteiger partial charge on any atom is -0.495 e. The van der Waals surface area contributed by atoms with E-state index in [1.54, 1.807) is 36.4 Å². The Morgan fingerprint density at radius 1 is 1.28 bits per heavy atom. The van der Waals surface area contributed by atoms with Crippen LogP contribution in [0.3, 0.4) is 0 Å². The number of carbonyl (C=O) groups is 2. The van der Waals surface area contributed by atoms with Crippen LogP contribution in [0, 0.1) is 5.82 Å². The number of methoxy groups -OCH3 is 1. The third-order valence-corrected chi connectivity index (χ3v) is 4.70. The molecule has 1 fully saturated rings. The van der Waals surface area contributed by atoms with E-state index < -0.39 is 17.9 Å². The fourth-order valence-corrected chi connectivity index (χ4v) is 3.23. The molecule has 0 bridgehead atoms. The first-order valence-electron chi connectivity index (χ1n) is 9.03. The SMILES string of the molecule is COc1c(C(=O)N[C@@H]2CCOC2=O)ccc2n[nH]c(/C=C/c3ccc(F)cc3)c12. The van der Waals surface area contributed by atoms with Gasteiger partial charge in [-0.15, -0.1) is 0 Å². The Kier molecular flexibility index (Phi) is 4.99. The minimum absolute atomic E-state index is 0.289. The summed E-state index contributed by atoms with van der Waals surface area (Å²) in [7, 11) is 1.47. The van der Waals surface area contributed by atoms with Crippen LogP contribution in [0.5, 0.6) is 5.75 Å². The highest BCUT2D eigenvalue weighted by atomic mass is 19.1. The Hall–Kier alpha value is -3.68. The normalized spacial score (nSPS) is 16.3. The number of hydrogen-bond donors (Lipinski definition) is 2. The highest BCUT2D eigenvalue weighted by Gasteiger charge is 2.29. The smallest absolute Gasteiger partial charge is 0.328 e. The number of ether oxygens (including phenoxy) is 2. The number of carbonyl (C=O) groups excluding carboxylic acids is 2. The number of rotatable bonds is 5. The highest BCUT2D eigenvalue weighted by Crippen LogP contribution is 2.32. The Morgan fingerprint density at radius 3 is 2.76 bits per heavy atom. The first-order chi connectivity index (χ1) is 14.1. The van der Waals surface area contributed by atoms with Crippen LogP contribution < -0.4 is 10.1 Å². The molecule has 0 radical (unpaired) electrons. The van der Waals surface area contributed by atoms with Crippen LogP contribution in [0.15, 0.2) is 36.4 Å². The molecule has 1 aromatic heterocycles. The number of cyclic esters (lactones) is 1. The van der Waals surface area contributed by atoms with Gasteiger partial charge in [0.15, 0.2) is 0 Å². The van der Waals surface area contributed by atoms with Crippen molar-refractivity contribution in [2.45, 2.75) is 12.5 Å². The average Bonchev–Trinajstić information content (AvgIpc) is 3.33. The maximum Gasteiger partial charge on any atom is 0.328 e. The number of nitrogens with one attached hydrogen (secondary N) is 2. The molecule has 0 spiro atoms. The largest absolute Gasteiger partial charge is 0.495 e. The molecule has 1 atom stereocenters. The standard InChI is InChI=1S/C21H18FN3O4/c1-28-19-14(20(26)23-17-10-11-29-21(17)27)7-9-16-18(19)15(24-25-16)8-4-12-2-5-13(22)6-3-12/h2-9,17H,10-11H2,1H3,(H,23,26)(H,24,25)/b8-4+/t17-/m1/s1. The van der Waals surface area contributed by atoms with Gasteiger partial charge in [0.1, 0.15) is 17.6 Å². The van der Waals surface area contributed by atoms with Crippen LogP contribution in [-0.4, -0.2) is 41.8 Å². The van der Waals surface area contributed by atoms with Gasteiger partial charge in [-0.3, -0.25) is 9.89 Å². The van der Waals surface area contributed by atoms with Gasteiger partial charge < -0.3 is 14.8 Å². The number of aromatic amines is 1. The Balaban J connectivity index is 1.68. The lowest BCUT2D eigenvalue weighted by atomic mass is 10.1. The van der Waals surface area contributed by atoms with Crippen molar-refractivity contribution in [3.05, 3.63) is 59.0 Å². The second kappa shape index (κ2) is 7.75. The first kappa shape index (κ1) is 18.7. The molecule has 148 valence electrons. The van der Waals surface area contributed by atoms with Crippen LogP contribution in [0.4, 0.5) is 4.39 Å². The monoisotopic (exact) mass is 395 g/mol. The Labute approximate surface area is 165 Å². The number of H-pyrrole nitrogens is 1. The molecule has 8 heteroatoms. The molecule has 4 rings (SSSR count). The van der Waals surface area contributed by atoms with E-state index in [1.165, 1.54) is 19.2 Å². The predicted octanol–water partition coefficient (Wildman–Crippen LogP) is 2.93. The molecule has 2 heterocycles. The number of esters is 1. The summed E-state index contributed by atoms with van der Waals surface area (Å²) in [6, 6.07) is 8.70. The quantitative estimate of drug-likeness (QED) is 0.648. The molecule has 1 aliphatic rings. The van der Waals surface area contributed by atoms with E-state index in [1.807, 2.05) is 0 Å². The highest BCUT2D eigenvalue weighted by molar-refractivity contribution is 6.06. The van der Waals surface area contributed by atoms with Crippen molar-refractivity contribution in [3.63, 3.8) is 0 Å². The second-order valence-electron chi connectivity index (χ2n) is 6.54. The van der Waals surface area contributed by atoms with Gasteiger partial charge in [0, 0.05) is 6.42 Å². The van der Waals surface area contributed by atoms with Gasteiger partial charge in [-0.2, -0.15) is 5.10 Å². The van der Waals surface area contributed by atoms with E-state index in [-0.39, 0.29) is 11.4 Å². The Bertz CT molecular complexity index is 1110. The van der Waals surface area contributed by atoms with Crippen molar-refractivity contribution >= 4 is 34.9 Å². The maximum absolute atomic E-state index is 13.1. The minimum atomic E-state index is -0.662. The maximum atomic E-state index is 13.1. The number of fused-ring (bicyclic) bond motifs is 1. The van der Waals surface area contributed by atoms with Crippen molar-refractivity contribution in [2.75, 3.05) is 13.7 Å². The van der Waals surface area contributed by atoms with Gasteiger partial charge in [0.05, 0.1) is 35.9 Å². The van der Waals surface area contributed by atoms with Crippen LogP contribution in [0.25, 0.3) is 23.1 Å². The molecule has 0 aliphatic carbocycles. The van der Waals surface area contributed by atoms with Crippen LogP contribution in [0.1, 0.15) is 28.0 Å². The zero-order valence-corrected chi connectivity index (χ0v) is 15.6. The third kappa shape index (κ3) is 3.69. The van der Waals surface area contributed by atoms with Gasteiger partial charge in [-0.1, -0.05) is 18.2 Å². The lowest BCUT2D eigenvalue weighted by Gasteiger charge is -2.12.